The molecule has 0 unspecified atom stereocenters. The number of carboxylic acids is 1. The number of carboxylic acid groups (broad SMARTS) is 1. The number of alkyl carbamates (subject to hydrolysis) is 1. The van der Waals surface area contributed by atoms with Crippen molar-refractivity contribution in [3.63, 3.8) is 0 Å². The van der Waals surface area contributed by atoms with Gasteiger partial charge in [0.05, 0.1) is 29.0 Å². The molecule has 0 fully saturated rings. The summed E-state index contributed by atoms with van der Waals surface area (Å²) in [6.45, 7) is 7.98. The third-order valence-electron chi connectivity index (χ3n) is 12.8. The van der Waals surface area contributed by atoms with Crippen molar-refractivity contribution >= 4 is 70.1 Å². The number of aliphatic carboxylic acids is 1. The summed E-state index contributed by atoms with van der Waals surface area (Å²) >= 11 is 0. The first kappa shape index (κ1) is 52.6. The zero-order valence-electron chi connectivity index (χ0n) is 40.8. The largest absolute Gasteiger partial charge is 0.481 e. The number of nitrogens with zero attached hydrogens (tertiary/aromatic N) is 3. The number of hydrogen-bond acceptors (Lipinski definition) is 14. The Labute approximate surface area is 417 Å². The molecule has 3 aliphatic rings. The Hall–Kier alpha value is -8.27. The van der Waals surface area contributed by atoms with E-state index in [1.807, 2.05) is 39.0 Å². The van der Waals surface area contributed by atoms with E-state index < -0.39 is 89.2 Å². The minimum Gasteiger partial charge on any atom is -0.481 e. The van der Waals surface area contributed by atoms with E-state index in [-0.39, 0.29) is 81.3 Å². The molecule has 0 spiro atoms. The lowest BCUT2D eigenvalue weighted by atomic mass is 9.86. The zero-order valence-corrected chi connectivity index (χ0v) is 40.8. The van der Waals surface area contributed by atoms with E-state index in [4.69, 9.17) is 14.5 Å². The van der Waals surface area contributed by atoms with Crippen molar-refractivity contribution in [1.29, 1.82) is 0 Å². The molecule has 4 atom stereocenters. The van der Waals surface area contributed by atoms with Crippen LogP contribution in [0, 0.1) is 12.8 Å². The number of fused-ring (bicyclic) bond motifs is 5. The average Bonchev–Trinajstić information content (AvgIpc) is 3.88. The van der Waals surface area contributed by atoms with E-state index in [0.29, 0.717) is 33.6 Å². The van der Waals surface area contributed by atoms with Gasteiger partial charge in [-0.3, -0.25) is 43.3 Å². The van der Waals surface area contributed by atoms with Gasteiger partial charge in [0, 0.05) is 60.3 Å². The SMILES string of the molecule is CC[C@@]1(O)C(=O)OCc2c1cc1n(c2=O)Cc2c-1nc1ccc(C)cc1c2CNC(=O)OCc1ccc(NC(=O)[C@H](CCC(=O)O)NC(=O)[C@H](C)NC(=O)[C@@H](CC(C)C)NC(=O)CCN2C(=O)C=CC2=O)cc1. The second-order valence-corrected chi connectivity index (χ2v) is 18.5. The Morgan fingerprint density at radius 1 is 0.863 bits per heavy atom. The van der Waals surface area contributed by atoms with Crippen LogP contribution in [0.4, 0.5) is 10.5 Å². The molecule has 0 saturated carbocycles. The van der Waals surface area contributed by atoms with Crippen molar-refractivity contribution in [3.8, 4) is 11.4 Å². The summed E-state index contributed by atoms with van der Waals surface area (Å²) in [5.74, 6) is -6.12. The maximum atomic E-state index is 13.8. The van der Waals surface area contributed by atoms with Gasteiger partial charge in [-0.1, -0.05) is 44.5 Å². The summed E-state index contributed by atoms with van der Waals surface area (Å²) in [6.07, 6.45) is 0.547. The van der Waals surface area contributed by atoms with Gasteiger partial charge in [0.2, 0.25) is 23.6 Å². The molecule has 0 radical (unpaired) electrons. The van der Waals surface area contributed by atoms with Gasteiger partial charge in [-0.15, -0.1) is 0 Å². The highest BCUT2D eigenvalue weighted by molar-refractivity contribution is 6.13. The molecule has 5 heterocycles. The highest BCUT2D eigenvalue weighted by Crippen LogP contribution is 2.40. The lowest BCUT2D eigenvalue weighted by Crippen LogP contribution is -2.55. The molecule has 7 N–H and O–H groups in total. The lowest BCUT2D eigenvalue weighted by Gasteiger charge is -2.31. The van der Waals surface area contributed by atoms with E-state index in [1.54, 1.807) is 25.1 Å². The summed E-state index contributed by atoms with van der Waals surface area (Å²) < 4.78 is 12.3. The molecule has 2 aromatic carbocycles. The van der Waals surface area contributed by atoms with Crippen molar-refractivity contribution in [3.05, 3.63) is 104 Å². The first-order valence-electron chi connectivity index (χ1n) is 23.7. The summed E-state index contributed by atoms with van der Waals surface area (Å²) in [5.41, 5.74) is 2.54. The van der Waals surface area contributed by atoms with Crippen LogP contribution in [0.15, 0.2) is 65.5 Å². The number of hydrogen-bond donors (Lipinski definition) is 7. The molecule has 384 valence electrons. The second-order valence-electron chi connectivity index (χ2n) is 18.5. The Morgan fingerprint density at radius 2 is 1.58 bits per heavy atom. The van der Waals surface area contributed by atoms with Crippen LogP contribution in [-0.4, -0.2) is 103 Å². The van der Waals surface area contributed by atoms with Gasteiger partial charge in [0.1, 0.15) is 31.3 Å². The number of imide groups is 1. The van der Waals surface area contributed by atoms with Crippen LogP contribution in [0.1, 0.15) is 93.2 Å². The van der Waals surface area contributed by atoms with Crippen LogP contribution in [0.2, 0.25) is 0 Å². The fraction of sp³-hybridized carbons (Fsp3) is 0.392. The molecular weight excluding hydrogens is 949 g/mol. The van der Waals surface area contributed by atoms with Crippen LogP contribution < -0.4 is 32.1 Å². The monoisotopic (exact) mass is 1000 g/mol. The van der Waals surface area contributed by atoms with Crippen molar-refractivity contribution in [2.24, 2.45) is 5.92 Å². The number of nitrogens with one attached hydrogen (secondary N) is 5. The van der Waals surface area contributed by atoms with Gasteiger partial charge in [-0.25, -0.2) is 14.6 Å². The number of pyridine rings is 2. The highest BCUT2D eigenvalue weighted by atomic mass is 16.6. The predicted molar refractivity (Wildman–Crippen MR) is 260 cm³/mol. The third-order valence-corrected chi connectivity index (χ3v) is 12.8. The van der Waals surface area contributed by atoms with E-state index in [1.165, 1.54) is 23.6 Å². The maximum absolute atomic E-state index is 13.8. The number of carbonyl (C=O) groups excluding carboxylic acids is 8. The second kappa shape index (κ2) is 22.0. The van der Waals surface area contributed by atoms with Gasteiger partial charge in [-0.2, -0.15) is 0 Å². The van der Waals surface area contributed by atoms with E-state index in [2.05, 4.69) is 26.6 Å². The molecule has 0 bridgehead atoms. The number of rotatable bonds is 20. The number of carbonyl (C=O) groups is 9. The Balaban J connectivity index is 0.946. The lowest BCUT2D eigenvalue weighted by molar-refractivity contribution is -0.172. The van der Waals surface area contributed by atoms with Gasteiger partial charge >= 0.3 is 18.0 Å². The number of aliphatic hydroxyl groups is 1. The molecule has 4 aromatic rings. The quantitative estimate of drug-likeness (QED) is 0.0435. The van der Waals surface area contributed by atoms with E-state index in [0.717, 1.165) is 28.0 Å². The van der Waals surface area contributed by atoms with Gasteiger partial charge < -0.3 is 50.8 Å². The number of aryl methyl sites for hydroxylation is 1. The van der Waals surface area contributed by atoms with Crippen LogP contribution >= 0.6 is 0 Å². The van der Waals surface area contributed by atoms with Gasteiger partial charge in [0.15, 0.2) is 5.60 Å². The van der Waals surface area contributed by atoms with Crippen molar-refractivity contribution in [2.45, 2.75) is 117 Å². The van der Waals surface area contributed by atoms with Crippen LogP contribution in [0.3, 0.4) is 0 Å². The summed E-state index contributed by atoms with van der Waals surface area (Å²) in [7, 11) is 0. The Morgan fingerprint density at radius 3 is 2.25 bits per heavy atom. The predicted octanol–water partition coefficient (Wildman–Crippen LogP) is 2.45. The molecule has 73 heavy (non-hydrogen) atoms. The molecular formula is C51H56N8O14. The number of amides is 7. The molecule has 22 nitrogen and oxygen atoms in total. The van der Waals surface area contributed by atoms with Crippen LogP contribution in [0.25, 0.3) is 22.3 Å². The molecule has 22 heteroatoms. The summed E-state index contributed by atoms with van der Waals surface area (Å²) in [5, 5.41) is 34.5. The number of anilines is 1. The fourth-order valence-electron chi connectivity index (χ4n) is 8.80. The maximum Gasteiger partial charge on any atom is 0.407 e. The van der Waals surface area contributed by atoms with Crippen LogP contribution in [0.5, 0.6) is 0 Å². The molecule has 7 rings (SSSR count). The number of cyclic esters (lactones) is 1. The van der Waals surface area contributed by atoms with Crippen molar-refractivity contribution < 1.29 is 62.8 Å². The number of aromatic nitrogens is 2. The fourth-order valence-corrected chi connectivity index (χ4v) is 8.80. The molecule has 0 saturated heterocycles. The molecule has 3 aliphatic heterocycles. The molecule has 7 amide bonds. The first-order valence-corrected chi connectivity index (χ1v) is 23.7. The summed E-state index contributed by atoms with van der Waals surface area (Å²) in [6, 6.07) is 9.79. The topological polar surface area (TPSA) is 311 Å². The normalized spacial score (nSPS) is 16.7. The number of ether oxygens (including phenoxy) is 2. The van der Waals surface area contributed by atoms with Crippen molar-refractivity contribution in [2.75, 3.05) is 11.9 Å². The standard InChI is InChI=1S/C51H56N8O14/c1-6-51(71)35-21-39-44-33(23-59(39)48(68)34(35)25-72-49(51)69)32(31-20-27(4)7-12-36(31)56-44)22-52-50(70)73-24-29-8-10-30(11-9-29)54-46(66)37(13-16-43(63)64)57-45(65)28(5)53-47(67)38(19-26(2)3)55-40(60)17-18-58-41(61)14-15-42(58)62/h7-12,14-15,20-21,26,28,37-38,71H,6,13,16-19,22-25H2,1-5H3,(H,52,70)(H,53,67)(H,54,66)(H,55,60)(H,57,65)(H,63,64)/t28-,37-,38+,51-/m0/s1. The zero-order chi connectivity index (χ0) is 52.9. The molecule has 2 aromatic heterocycles. The van der Waals surface area contributed by atoms with Gasteiger partial charge in [-0.05, 0) is 80.5 Å². The molecule has 0 aliphatic carbocycles. The highest BCUT2D eigenvalue weighted by Gasteiger charge is 2.45. The number of esters is 1. The number of benzene rings is 2. The van der Waals surface area contributed by atoms with Gasteiger partial charge in [0.25, 0.3) is 17.4 Å². The average molecular weight is 1010 g/mol. The van der Waals surface area contributed by atoms with E-state index >= 15 is 0 Å². The summed E-state index contributed by atoms with van der Waals surface area (Å²) in [4.78, 5) is 134. The Bertz CT molecular complexity index is 3000. The minimum absolute atomic E-state index is 0.00767. The van der Waals surface area contributed by atoms with Crippen molar-refractivity contribution in [1.82, 2.24) is 35.7 Å². The van der Waals surface area contributed by atoms with E-state index in [9.17, 15) is 58.2 Å². The Kier molecular flexibility index (Phi) is 15.8. The third kappa shape index (κ3) is 11.8. The van der Waals surface area contributed by atoms with Crippen LogP contribution in [-0.2, 0) is 79.7 Å². The minimum atomic E-state index is -2.00. The first-order chi connectivity index (χ1) is 34.7. The smallest absolute Gasteiger partial charge is 0.407 e.